The topological polar surface area (TPSA) is 108 Å². The van der Waals surface area contributed by atoms with Crippen LogP contribution in [0.15, 0.2) is 0 Å². The van der Waals surface area contributed by atoms with Crippen molar-refractivity contribution in [2.45, 2.75) is 64.2 Å². The van der Waals surface area contributed by atoms with Crippen molar-refractivity contribution in [3.8, 4) is 0 Å². The van der Waals surface area contributed by atoms with E-state index in [4.69, 9.17) is 16.3 Å². The minimum absolute atomic E-state index is 0.00354. The predicted molar refractivity (Wildman–Crippen MR) is 105 cm³/mol. The molecule has 8 nitrogen and oxygen atoms in total. The smallest absolute Gasteiger partial charge is 0.407 e. The largest absolute Gasteiger partial charge is 0.446 e. The summed E-state index contributed by atoms with van der Waals surface area (Å²) in [5.74, 6) is -0.753. The van der Waals surface area contributed by atoms with Gasteiger partial charge in [-0.15, -0.1) is 11.6 Å². The highest BCUT2D eigenvalue weighted by molar-refractivity contribution is 6.27. The fraction of sp³-hybridized carbons (Fsp3) is 0.842. The molecule has 0 unspecified atom stereocenters. The molecule has 0 bridgehead atoms. The van der Waals surface area contributed by atoms with Gasteiger partial charge in [0, 0.05) is 19.6 Å². The number of amides is 3. The average Bonchev–Trinajstić information content (AvgIpc) is 3.00. The lowest BCUT2D eigenvalue weighted by atomic mass is 9.96. The number of rotatable bonds is 10. The Bertz CT molecular complexity index is 556. The molecule has 1 heterocycles. The average molecular weight is 418 g/mol. The molecule has 0 spiro atoms. The summed E-state index contributed by atoms with van der Waals surface area (Å²) < 4.78 is 5.33. The molecule has 1 saturated heterocycles. The number of hydrogen-bond donors (Lipinski definition) is 3. The van der Waals surface area contributed by atoms with Gasteiger partial charge in [-0.3, -0.25) is 9.59 Å². The van der Waals surface area contributed by atoms with E-state index in [1.807, 2.05) is 13.8 Å². The molecular formula is C19H32ClN3O5. The summed E-state index contributed by atoms with van der Waals surface area (Å²) in [7, 11) is 0. The first-order valence-electron chi connectivity index (χ1n) is 10.1. The summed E-state index contributed by atoms with van der Waals surface area (Å²) in [6, 6.07) is -0.560. The molecule has 1 aliphatic heterocycles. The lowest BCUT2D eigenvalue weighted by Gasteiger charge is -2.32. The Hall–Kier alpha value is -1.54. The molecule has 160 valence electrons. The monoisotopic (exact) mass is 417 g/mol. The molecule has 2 fully saturated rings. The van der Waals surface area contributed by atoms with Crippen molar-refractivity contribution >= 4 is 29.5 Å². The minimum Gasteiger partial charge on any atom is -0.446 e. The molecule has 9 heteroatoms. The summed E-state index contributed by atoms with van der Waals surface area (Å²) in [6.45, 7) is 4.76. The Kier molecular flexibility index (Phi) is 8.82. The van der Waals surface area contributed by atoms with Crippen molar-refractivity contribution in [3.63, 3.8) is 0 Å². The second-order valence-electron chi connectivity index (χ2n) is 8.11. The number of nitrogens with one attached hydrogen (secondary N) is 2. The van der Waals surface area contributed by atoms with Crippen LogP contribution in [0.5, 0.6) is 0 Å². The number of aliphatic hydroxyl groups is 1. The van der Waals surface area contributed by atoms with Crippen molar-refractivity contribution < 1.29 is 24.2 Å². The molecule has 0 radical (unpaired) electrons. The maximum absolute atomic E-state index is 12.2. The maximum atomic E-state index is 12.2. The van der Waals surface area contributed by atoms with E-state index < -0.39 is 18.2 Å². The number of ether oxygens (including phenoxy) is 1. The zero-order chi connectivity index (χ0) is 20.7. The molecule has 3 atom stereocenters. The van der Waals surface area contributed by atoms with Crippen molar-refractivity contribution in [2.24, 2.45) is 11.8 Å². The van der Waals surface area contributed by atoms with E-state index in [2.05, 4.69) is 10.6 Å². The number of alkyl carbamates (subject to hydrolysis) is 1. The van der Waals surface area contributed by atoms with Gasteiger partial charge in [-0.2, -0.15) is 0 Å². The van der Waals surface area contributed by atoms with Gasteiger partial charge in [-0.05, 0) is 38.0 Å². The highest BCUT2D eigenvalue weighted by atomic mass is 35.5. The van der Waals surface area contributed by atoms with Crippen LogP contribution in [0.25, 0.3) is 0 Å². The van der Waals surface area contributed by atoms with Crippen LogP contribution in [0, 0.1) is 11.8 Å². The van der Waals surface area contributed by atoms with Gasteiger partial charge in [0.15, 0.2) is 0 Å². The third kappa shape index (κ3) is 6.81. The van der Waals surface area contributed by atoms with Crippen molar-refractivity contribution in [2.75, 3.05) is 25.5 Å². The van der Waals surface area contributed by atoms with Crippen molar-refractivity contribution in [1.29, 1.82) is 0 Å². The van der Waals surface area contributed by atoms with Crippen LogP contribution >= 0.6 is 11.6 Å². The van der Waals surface area contributed by atoms with Crippen molar-refractivity contribution in [1.82, 2.24) is 15.5 Å². The molecule has 1 saturated carbocycles. The van der Waals surface area contributed by atoms with E-state index in [0.717, 1.165) is 19.3 Å². The molecule has 1 aliphatic carbocycles. The summed E-state index contributed by atoms with van der Waals surface area (Å²) >= 11 is 5.72. The second-order valence-corrected chi connectivity index (χ2v) is 8.38. The summed E-state index contributed by atoms with van der Waals surface area (Å²) in [5.41, 5.74) is 0. The number of halogens is 1. The Morgan fingerprint density at radius 2 is 2.07 bits per heavy atom. The molecule has 0 aromatic rings. The SMILES string of the molecule is CC(C)C[C@H](NC(=O)OC1CCC1)[C@@H](O)CN(C[C@@H]1CCNC1=O)C(=O)CCl. The highest BCUT2D eigenvalue weighted by Gasteiger charge is 2.32. The van der Waals surface area contributed by atoms with E-state index in [1.54, 1.807) is 0 Å². The van der Waals surface area contributed by atoms with Crippen LogP contribution in [-0.2, 0) is 14.3 Å². The van der Waals surface area contributed by atoms with Gasteiger partial charge < -0.3 is 25.4 Å². The Morgan fingerprint density at radius 3 is 2.57 bits per heavy atom. The summed E-state index contributed by atoms with van der Waals surface area (Å²) in [4.78, 5) is 37.6. The Morgan fingerprint density at radius 1 is 1.36 bits per heavy atom. The van der Waals surface area contributed by atoms with Gasteiger partial charge in [-0.1, -0.05) is 13.8 Å². The fourth-order valence-corrected chi connectivity index (χ4v) is 3.62. The first-order valence-corrected chi connectivity index (χ1v) is 10.6. The molecule has 28 heavy (non-hydrogen) atoms. The first-order chi connectivity index (χ1) is 13.3. The third-order valence-electron chi connectivity index (χ3n) is 5.30. The number of aliphatic hydroxyl groups excluding tert-OH is 1. The predicted octanol–water partition coefficient (Wildman–Crippen LogP) is 1.24. The number of hydrogen-bond acceptors (Lipinski definition) is 5. The highest BCUT2D eigenvalue weighted by Crippen LogP contribution is 2.22. The molecule has 3 amide bonds. The fourth-order valence-electron chi connectivity index (χ4n) is 3.45. The van der Waals surface area contributed by atoms with Gasteiger partial charge in [0.2, 0.25) is 11.8 Å². The van der Waals surface area contributed by atoms with Crippen LogP contribution in [0.4, 0.5) is 4.79 Å². The molecule has 0 aromatic carbocycles. The van der Waals surface area contributed by atoms with Gasteiger partial charge in [0.1, 0.15) is 12.0 Å². The van der Waals surface area contributed by atoms with Crippen LogP contribution < -0.4 is 10.6 Å². The van der Waals surface area contributed by atoms with Gasteiger partial charge in [0.05, 0.1) is 18.1 Å². The van der Waals surface area contributed by atoms with E-state index in [9.17, 15) is 19.5 Å². The quantitative estimate of drug-likeness (QED) is 0.463. The van der Waals surface area contributed by atoms with E-state index in [-0.39, 0.29) is 48.7 Å². The van der Waals surface area contributed by atoms with Crippen molar-refractivity contribution in [3.05, 3.63) is 0 Å². The lowest BCUT2D eigenvalue weighted by Crippen LogP contribution is -2.52. The zero-order valence-corrected chi connectivity index (χ0v) is 17.4. The second kappa shape index (κ2) is 10.9. The molecule has 2 rings (SSSR count). The molecular weight excluding hydrogens is 386 g/mol. The van der Waals surface area contributed by atoms with Crippen LogP contribution in [0.3, 0.4) is 0 Å². The van der Waals surface area contributed by atoms with Gasteiger partial charge in [-0.25, -0.2) is 4.79 Å². The summed E-state index contributed by atoms with van der Waals surface area (Å²) in [5, 5.41) is 16.3. The minimum atomic E-state index is -0.993. The molecule has 3 N–H and O–H groups in total. The number of carbonyl (C=O) groups is 3. The first kappa shape index (κ1) is 22.7. The van der Waals surface area contributed by atoms with E-state index in [0.29, 0.717) is 19.4 Å². The maximum Gasteiger partial charge on any atom is 0.407 e. The lowest BCUT2D eigenvalue weighted by molar-refractivity contribution is -0.132. The van der Waals surface area contributed by atoms with Gasteiger partial charge in [0.25, 0.3) is 0 Å². The van der Waals surface area contributed by atoms with E-state index in [1.165, 1.54) is 4.90 Å². The van der Waals surface area contributed by atoms with Crippen LogP contribution in [0.2, 0.25) is 0 Å². The third-order valence-corrected chi connectivity index (χ3v) is 5.53. The number of carbonyl (C=O) groups excluding carboxylic acids is 3. The zero-order valence-electron chi connectivity index (χ0n) is 16.7. The summed E-state index contributed by atoms with van der Waals surface area (Å²) in [6.07, 6.45) is 2.38. The Balaban J connectivity index is 1.97. The van der Waals surface area contributed by atoms with E-state index >= 15 is 0 Å². The normalized spacial score (nSPS) is 21.6. The number of nitrogens with zero attached hydrogens (tertiary/aromatic N) is 1. The number of alkyl halides is 1. The standard InChI is InChI=1S/C19H32ClN3O5/c1-12(2)8-15(22-19(27)28-14-4-3-5-14)16(24)11-23(17(25)9-20)10-13-6-7-21-18(13)26/h12-16,24H,3-11H2,1-2H3,(H,21,26)(H,22,27)/t13-,15-,16-/m0/s1. The molecule has 0 aromatic heterocycles. The molecule has 2 aliphatic rings. The van der Waals surface area contributed by atoms with Gasteiger partial charge >= 0.3 is 6.09 Å². The Labute approximate surface area is 171 Å². The van der Waals surface area contributed by atoms with Crippen LogP contribution in [0.1, 0.15) is 46.0 Å². The van der Waals surface area contributed by atoms with Crippen LogP contribution in [-0.4, -0.2) is 71.7 Å².